The molecule has 6 nitrogen and oxygen atoms in total. The molecule has 1 rings (SSSR count). The van der Waals surface area contributed by atoms with E-state index in [1.165, 1.54) is 0 Å². The molecule has 104 valence electrons. The number of amides is 2. The third-order valence-corrected chi connectivity index (χ3v) is 2.94. The average Bonchev–Trinajstić information content (AvgIpc) is 2.27. The first-order chi connectivity index (χ1) is 8.35. The molecular formula is C12H22N2O4. The standard InChI is InChI=1S/C12H22N2O4/c1-4-13(6-5-10(15)16)11(17)14-7-8-18-12(2,3)9-14/h4-9H2,1-3H3,(H,15,16). The van der Waals surface area contributed by atoms with E-state index in [0.717, 1.165) is 0 Å². The van der Waals surface area contributed by atoms with Crippen LogP contribution in [0.5, 0.6) is 0 Å². The molecule has 0 radical (unpaired) electrons. The minimum Gasteiger partial charge on any atom is -0.481 e. The van der Waals surface area contributed by atoms with Crippen LogP contribution in [0, 0.1) is 0 Å². The quantitative estimate of drug-likeness (QED) is 0.817. The van der Waals surface area contributed by atoms with Crippen molar-refractivity contribution in [2.45, 2.75) is 32.8 Å². The van der Waals surface area contributed by atoms with Crippen molar-refractivity contribution in [2.24, 2.45) is 0 Å². The largest absolute Gasteiger partial charge is 0.481 e. The number of carboxylic acids is 1. The Kier molecular flexibility index (Phi) is 4.95. The first-order valence-electron chi connectivity index (χ1n) is 6.25. The Morgan fingerprint density at radius 1 is 1.44 bits per heavy atom. The molecule has 18 heavy (non-hydrogen) atoms. The molecule has 1 aliphatic rings. The van der Waals surface area contributed by atoms with Gasteiger partial charge in [0.25, 0.3) is 0 Å². The number of urea groups is 1. The van der Waals surface area contributed by atoms with E-state index in [-0.39, 0.29) is 24.6 Å². The van der Waals surface area contributed by atoms with Crippen molar-refractivity contribution in [3.05, 3.63) is 0 Å². The number of carboxylic acid groups (broad SMARTS) is 1. The Balaban J connectivity index is 2.57. The lowest BCUT2D eigenvalue weighted by Gasteiger charge is -2.40. The van der Waals surface area contributed by atoms with Gasteiger partial charge in [0.15, 0.2) is 0 Å². The summed E-state index contributed by atoms with van der Waals surface area (Å²) in [5.41, 5.74) is -0.333. The van der Waals surface area contributed by atoms with Crippen molar-refractivity contribution in [3.63, 3.8) is 0 Å². The molecule has 0 bridgehead atoms. The van der Waals surface area contributed by atoms with E-state index >= 15 is 0 Å². The highest BCUT2D eigenvalue weighted by molar-refractivity contribution is 5.75. The zero-order valence-corrected chi connectivity index (χ0v) is 11.3. The summed E-state index contributed by atoms with van der Waals surface area (Å²) < 4.78 is 5.55. The molecule has 6 heteroatoms. The number of carbonyl (C=O) groups excluding carboxylic acids is 1. The molecule has 1 saturated heterocycles. The van der Waals surface area contributed by atoms with Crippen LogP contribution in [0.3, 0.4) is 0 Å². The summed E-state index contributed by atoms with van der Waals surface area (Å²) in [6.45, 7) is 8.13. The lowest BCUT2D eigenvalue weighted by atomic mass is 10.1. The monoisotopic (exact) mass is 258 g/mol. The average molecular weight is 258 g/mol. The number of ether oxygens (including phenoxy) is 1. The summed E-state index contributed by atoms with van der Waals surface area (Å²) in [5.74, 6) is -0.886. The van der Waals surface area contributed by atoms with Gasteiger partial charge in [0, 0.05) is 19.6 Å². The van der Waals surface area contributed by atoms with Crippen LogP contribution < -0.4 is 0 Å². The molecule has 1 N–H and O–H groups in total. The summed E-state index contributed by atoms with van der Waals surface area (Å²) in [7, 11) is 0. The summed E-state index contributed by atoms with van der Waals surface area (Å²) in [5, 5.41) is 8.66. The third kappa shape index (κ3) is 4.18. The van der Waals surface area contributed by atoms with Crippen molar-refractivity contribution >= 4 is 12.0 Å². The zero-order valence-electron chi connectivity index (χ0n) is 11.3. The smallest absolute Gasteiger partial charge is 0.320 e. The second-order valence-electron chi connectivity index (χ2n) is 5.04. The molecule has 0 atom stereocenters. The van der Waals surface area contributed by atoms with Gasteiger partial charge in [0.2, 0.25) is 0 Å². The fourth-order valence-electron chi connectivity index (χ4n) is 2.00. The van der Waals surface area contributed by atoms with Gasteiger partial charge in [-0.15, -0.1) is 0 Å². The maximum absolute atomic E-state index is 12.2. The van der Waals surface area contributed by atoms with Gasteiger partial charge in [-0.25, -0.2) is 4.79 Å². The number of hydrogen-bond donors (Lipinski definition) is 1. The Morgan fingerprint density at radius 3 is 2.61 bits per heavy atom. The summed E-state index contributed by atoms with van der Waals surface area (Å²) >= 11 is 0. The summed E-state index contributed by atoms with van der Waals surface area (Å²) in [6, 6.07) is -0.102. The normalized spacial score (nSPS) is 18.5. The molecule has 0 aliphatic carbocycles. The molecular weight excluding hydrogens is 236 g/mol. The molecule has 1 fully saturated rings. The number of rotatable bonds is 4. The minimum atomic E-state index is -0.886. The van der Waals surface area contributed by atoms with Gasteiger partial charge in [-0.3, -0.25) is 4.79 Å². The SMILES string of the molecule is CCN(CCC(=O)O)C(=O)N1CCOC(C)(C)C1. The van der Waals surface area contributed by atoms with Gasteiger partial charge in [0.1, 0.15) is 0 Å². The van der Waals surface area contributed by atoms with E-state index in [1.807, 2.05) is 20.8 Å². The van der Waals surface area contributed by atoms with Crippen LogP contribution in [0.1, 0.15) is 27.2 Å². The maximum Gasteiger partial charge on any atom is 0.320 e. The predicted octanol–water partition coefficient (Wildman–Crippen LogP) is 1.01. The van der Waals surface area contributed by atoms with Crippen molar-refractivity contribution in [1.29, 1.82) is 0 Å². The Bertz CT molecular complexity index is 317. The summed E-state index contributed by atoms with van der Waals surface area (Å²) in [4.78, 5) is 26.1. The number of aliphatic carboxylic acids is 1. The van der Waals surface area contributed by atoms with Gasteiger partial charge in [-0.05, 0) is 20.8 Å². The lowest BCUT2D eigenvalue weighted by Crippen LogP contribution is -2.54. The van der Waals surface area contributed by atoms with E-state index in [2.05, 4.69) is 0 Å². The minimum absolute atomic E-state index is 0.0205. The van der Waals surface area contributed by atoms with Crippen LogP contribution in [0.2, 0.25) is 0 Å². The molecule has 2 amide bonds. The second kappa shape index (κ2) is 6.04. The highest BCUT2D eigenvalue weighted by Gasteiger charge is 2.31. The summed E-state index contributed by atoms with van der Waals surface area (Å²) in [6.07, 6.45) is -0.0205. The third-order valence-electron chi connectivity index (χ3n) is 2.94. The van der Waals surface area contributed by atoms with Crippen LogP contribution in [0.25, 0.3) is 0 Å². The van der Waals surface area contributed by atoms with Gasteiger partial charge in [-0.2, -0.15) is 0 Å². The number of hydrogen-bond acceptors (Lipinski definition) is 3. The molecule has 1 heterocycles. The second-order valence-corrected chi connectivity index (χ2v) is 5.04. The fourth-order valence-corrected chi connectivity index (χ4v) is 2.00. The van der Waals surface area contributed by atoms with Crippen molar-refractivity contribution in [2.75, 3.05) is 32.8 Å². The Morgan fingerprint density at radius 2 is 2.11 bits per heavy atom. The first kappa shape index (κ1) is 14.8. The van der Waals surface area contributed by atoms with Gasteiger partial charge < -0.3 is 19.6 Å². The van der Waals surface area contributed by atoms with Crippen LogP contribution in [0.4, 0.5) is 4.79 Å². The Labute approximate surface area is 107 Å². The molecule has 0 spiro atoms. The van der Waals surface area contributed by atoms with E-state index in [1.54, 1.807) is 9.80 Å². The molecule has 0 aromatic rings. The first-order valence-corrected chi connectivity index (χ1v) is 6.25. The molecule has 0 unspecified atom stereocenters. The topological polar surface area (TPSA) is 70.1 Å². The molecule has 0 aromatic carbocycles. The van der Waals surface area contributed by atoms with Gasteiger partial charge in [-0.1, -0.05) is 0 Å². The molecule has 0 aromatic heterocycles. The van der Waals surface area contributed by atoms with E-state index in [4.69, 9.17) is 9.84 Å². The van der Waals surface area contributed by atoms with Gasteiger partial charge >= 0.3 is 12.0 Å². The lowest BCUT2D eigenvalue weighted by molar-refractivity contribution is -0.137. The highest BCUT2D eigenvalue weighted by Crippen LogP contribution is 2.17. The van der Waals surface area contributed by atoms with Crippen LogP contribution in [-0.4, -0.2) is 65.3 Å². The van der Waals surface area contributed by atoms with Crippen molar-refractivity contribution in [3.8, 4) is 0 Å². The number of nitrogens with zero attached hydrogens (tertiary/aromatic N) is 2. The van der Waals surface area contributed by atoms with E-state index in [0.29, 0.717) is 26.2 Å². The van der Waals surface area contributed by atoms with Crippen LogP contribution in [0.15, 0.2) is 0 Å². The number of morpholine rings is 1. The van der Waals surface area contributed by atoms with Crippen molar-refractivity contribution in [1.82, 2.24) is 9.80 Å². The maximum atomic E-state index is 12.2. The predicted molar refractivity (Wildman–Crippen MR) is 66.5 cm³/mol. The van der Waals surface area contributed by atoms with Gasteiger partial charge in [0.05, 0.1) is 25.2 Å². The van der Waals surface area contributed by atoms with Crippen LogP contribution in [-0.2, 0) is 9.53 Å². The molecule has 0 saturated carbocycles. The number of carbonyl (C=O) groups is 2. The fraction of sp³-hybridized carbons (Fsp3) is 0.833. The van der Waals surface area contributed by atoms with E-state index in [9.17, 15) is 9.59 Å². The zero-order chi connectivity index (χ0) is 13.8. The van der Waals surface area contributed by atoms with Crippen LogP contribution >= 0.6 is 0 Å². The van der Waals surface area contributed by atoms with Crippen molar-refractivity contribution < 1.29 is 19.4 Å². The molecule has 1 aliphatic heterocycles. The van der Waals surface area contributed by atoms with E-state index < -0.39 is 5.97 Å². The Hall–Kier alpha value is -1.30. The highest BCUT2D eigenvalue weighted by atomic mass is 16.5.